The van der Waals surface area contributed by atoms with Gasteiger partial charge in [0.2, 0.25) is 5.91 Å². The van der Waals surface area contributed by atoms with Crippen LogP contribution in [-0.4, -0.2) is 35.4 Å². The number of anilines is 1. The Morgan fingerprint density at radius 1 is 1.03 bits per heavy atom. The van der Waals surface area contributed by atoms with Crippen molar-refractivity contribution in [2.24, 2.45) is 0 Å². The van der Waals surface area contributed by atoms with Crippen molar-refractivity contribution in [1.82, 2.24) is 9.55 Å². The van der Waals surface area contributed by atoms with Gasteiger partial charge in [-0.15, -0.1) is 0 Å². The lowest BCUT2D eigenvalue weighted by Crippen LogP contribution is -2.22. The molecule has 0 aliphatic heterocycles. The number of amides is 1. The Kier molecular flexibility index (Phi) is 7.40. The minimum absolute atomic E-state index is 0.152. The summed E-state index contributed by atoms with van der Waals surface area (Å²) in [6, 6.07) is 19.8. The van der Waals surface area contributed by atoms with Gasteiger partial charge in [-0.2, -0.15) is 0 Å². The first-order chi connectivity index (χ1) is 16.5. The van der Waals surface area contributed by atoms with Crippen molar-refractivity contribution in [2.75, 3.05) is 25.3 Å². The Hall–Kier alpha value is -3.49. The number of aromatic nitrogens is 2. The monoisotopic (exact) mass is 495 g/mol. The van der Waals surface area contributed by atoms with Gasteiger partial charge in [0.15, 0.2) is 5.16 Å². The lowest BCUT2D eigenvalue weighted by molar-refractivity contribution is -0.115. The van der Waals surface area contributed by atoms with Gasteiger partial charge in [-0.3, -0.25) is 14.2 Å². The van der Waals surface area contributed by atoms with Gasteiger partial charge in [0.25, 0.3) is 5.56 Å². The molecule has 0 saturated heterocycles. The third-order valence-electron chi connectivity index (χ3n) is 5.07. The average molecular weight is 496 g/mol. The number of ether oxygens (including phenoxy) is 2. The van der Waals surface area contributed by atoms with Crippen LogP contribution in [0, 0.1) is 0 Å². The molecule has 9 heteroatoms. The molecule has 0 spiro atoms. The van der Waals surface area contributed by atoms with Crippen LogP contribution in [0.15, 0.2) is 76.7 Å². The molecule has 0 unspecified atom stereocenters. The van der Waals surface area contributed by atoms with E-state index >= 15 is 0 Å². The Labute approximate surface area is 205 Å². The first-order valence-corrected chi connectivity index (χ1v) is 11.8. The molecule has 0 bridgehead atoms. The van der Waals surface area contributed by atoms with Gasteiger partial charge < -0.3 is 14.8 Å². The van der Waals surface area contributed by atoms with E-state index in [4.69, 9.17) is 26.1 Å². The molecule has 0 saturated carbocycles. The maximum absolute atomic E-state index is 13.2. The maximum Gasteiger partial charge on any atom is 0.266 e. The van der Waals surface area contributed by atoms with Crippen LogP contribution in [0.5, 0.6) is 11.5 Å². The average Bonchev–Trinajstić information content (AvgIpc) is 2.85. The van der Waals surface area contributed by atoms with Crippen LogP contribution >= 0.6 is 23.4 Å². The van der Waals surface area contributed by atoms with Gasteiger partial charge in [-0.1, -0.05) is 53.7 Å². The molecule has 0 radical (unpaired) electrons. The topological polar surface area (TPSA) is 82.5 Å². The molecule has 1 N–H and O–H groups in total. The molecule has 4 aromatic rings. The zero-order chi connectivity index (χ0) is 24.1. The minimum atomic E-state index is -0.221. The molecule has 0 aliphatic rings. The number of hydrogen-bond acceptors (Lipinski definition) is 6. The second-order valence-corrected chi connectivity index (χ2v) is 8.69. The summed E-state index contributed by atoms with van der Waals surface area (Å²) >= 11 is 7.53. The Bertz CT molecular complexity index is 1390. The number of halogens is 1. The first-order valence-electron chi connectivity index (χ1n) is 10.4. The number of benzene rings is 3. The Morgan fingerprint density at radius 2 is 1.74 bits per heavy atom. The van der Waals surface area contributed by atoms with Gasteiger partial charge in [0, 0.05) is 18.2 Å². The van der Waals surface area contributed by atoms with E-state index in [9.17, 15) is 9.59 Å². The van der Waals surface area contributed by atoms with Crippen molar-refractivity contribution < 1.29 is 14.3 Å². The summed E-state index contributed by atoms with van der Waals surface area (Å²) in [4.78, 5) is 30.6. The summed E-state index contributed by atoms with van der Waals surface area (Å²) in [5, 5.41) is 4.24. The number of thioether (sulfide) groups is 1. The summed E-state index contributed by atoms with van der Waals surface area (Å²) in [6.07, 6.45) is 0.189. The molecular formula is C25H22ClN3O4S. The van der Waals surface area contributed by atoms with Crippen LogP contribution in [0.1, 0.15) is 6.42 Å². The molecule has 7 nitrogen and oxygen atoms in total. The van der Waals surface area contributed by atoms with Crippen LogP contribution in [-0.2, 0) is 4.79 Å². The summed E-state index contributed by atoms with van der Waals surface area (Å²) in [5.74, 6) is 1.08. The normalized spacial score (nSPS) is 10.8. The van der Waals surface area contributed by atoms with Crippen molar-refractivity contribution in [3.8, 4) is 17.2 Å². The van der Waals surface area contributed by atoms with Gasteiger partial charge >= 0.3 is 0 Å². The first kappa shape index (κ1) is 23.7. The van der Waals surface area contributed by atoms with Crippen LogP contribution < -0.4 is 20.3 Å². The fourth-order valence-corrected chi connectivity index (χ4v) is 4.61. The fourth-order valence-electron chi connectivity index (χ4n) is 3.42. The van der Waals surface area contributed by atoms with E-state index in [1.54, 1.807) is 22.8 Å². The van der Waals surface area contributed by atoms with Crippen molar-refractivity contribution in [3.05, 3.63) is 82.1 Å². The van der Waals surface area contributed by atoms with Gasteiger partial charge in [0.05, 0.1) is 41.5 Å². The molecule has 1 heterocycles. The number of para-hydroxylation sites is 2. The lowest BCUT2D eigenvalue weighted by Gasteiger charge is -2.14. The maximum atomic E-state index is 13.2. The number of fused-ring (bicyclic) bond motifs is 1. The van der Waals surface area contributed by atoms with E-state index in [2.05, 4.69) is 5.32 Å². The van der Waals surface area contributed by atoms with Gasteiger partial charge in [-0.25, -0.2) is 4.98 Å². The molecule has 3 aromatic carbocycles. The molecular weight excluding hydrogens is 474 g/mol. The predicted octanol–water partition coefficient (Wildman–Crippen LogP) is 5.18. The van der Waals surface area contributed by atoms with Crippen LogP contribution in [0.2, 0.25) is 5.02 Å². The smallest absolute Gasteiger partial charge is 0.266 e. The fraction of sp³-hybridized carbons (Fsp3) is 0.160. The summed E-state index contributed by atoms with van der Waals surface area (Å²) in [7, 11) is 3.01. The Morgan fingerprint density at radius 3 is 2.47 bits per heavy atom. The van der Waals surface area contributed by atoms with Gasteiger partial charge in [0.1, 0.15) is 11.5 Å². The minimum Gasteiger partial charge on any atom is -0.495 e. The standard InChI is InChI=1S/C25H22ClN3O4S/c1-32-21-15-22(33-2)20(14-18(21)26)27-23(30)12-13-34-25-28-19-11-7-6-10-17(19)24(31)29(25)16-8-4-3-5-9-16/h3-11,14-15H,12-13H2,1-2H3,(H,27,30). The zero-order valence-electron chi connectivity index (χ0n) is 18.6. The van der Waals surface area contributed by atoms with Crippen LogP contribution in [0.3, 0.4) is 0 Å². The quantitative estimate of drug-likeness (QED) is 0.268. The highest BCUT2D eigenvalue weighted by molar-refractivity contribution is 7.99. The highest BCUT2D eigenvalue weighted by Gasteiger charge is 2.15. The van der Waals surface area contributed by atoms with Gasteiger partial charge in [-0.05, 0) is 30.3 Å². The molecule has 1 amide bonds. The number of hydrogen-bond donors (Lipinski definition) is 1. The van der Waals surface area contributed by atoms with Crippen LogP contribution in [0.25, 0.3) is 16.6 Å². The number of methoxy groups -OCH3 is 2. The highest BCUT2D eigenvalue weighted by atomic mass is 35.5. The highest BCUT2D eigenvalue weighted by Crippen LogP contribution is 2.36. The lowest BCUT2D eigenvalue weighted by atomic mass is 10.2. The molecule has 34 heavy (non-hydrogen) atoms. The van der Waals surface area contributed by atoms with Crippen molar-refractivity contribution in [2.45, 2.75) is 11.6 Å². The third kappa shape index (κ3) is 5.03. The number of carbonyl (C=O) groups excluding carboxylic acids is 1. The zero-order valence-corrected chi connectivity index (χ0v) is 20.2. The molecule has 0 fully saturated rings. The second kappa shape index (κ2) is 10.6. The van der Waals surface area contributed by atoms with Crippen molar-refractivity contribution in [1.29, 1.82) is 0 Å². The van der Waals surface area contributed by atoms with Crippen LogP contribution in [0.4, 0.5) is 5.69 Å². The molecule has 4 rings (SSSR count). The summed E-state index contributed by atoms with van der Waals surface area (Å²) in [5.41, 5.74) is 1.63. The number of rotatable bonds is 8. The van der Waals surface area contributed by atoms with E-state index in [1.807, 2.05) is 48.5 Å². The largest absolute Gasteiger partial charge is 0.495 e. The Balaban J connectivity index is 1.54. The van der Waals surface area contributed by atoms with E-state index in [1.165, 1.54) is 26.0 Å². The number of nitrogens with one attached hydrogen (secondary N) is 1. The number of nitrogens with zero attached hydrogens (tertiary/aromatic N) is 2. The number of carbonyl (C=O) groups is 1. The molecule has 174 valence electrons. The summed E-state index contributed by atoms with van der Waals surface area (Å²) in [6.45, 7) is 0. The van der Waals surface area contributed by atoms with E-state index in [0.29, 0.717) is 44.0 Å². The predicted molar refractivity (Wildman–Crippen MR) is 136 cm³/mol. The van der Waals surface area contributed by atoms with E-state index < -0.39 is 0 Å². The third-order valence-corrected chi connectivity index (χ3v) is 6.30. The summed E-state index contributed by atoms with van der Waals surface area (Å²) < 4.78 is 12.1. The molecule has 0 aliphatic carbocycles. The van der Waals surface area contributed by atoms with E-state index in [0.717, 1.165) is 5.69 Å². The van der Waals surface area contributed by atoms with E-state index in [-0.39, 0.29) is 17.9 Å². The van der Waals surface area contributed by atoms with Crippen molar-refractivity contribution in [3.63, 3.8) is 0 Å². The second-order valence-electron chi connectivity index (χ2n) is 7.22. The molecule has 1 aromatic heterocycles. The SMILES string of the molecule is COc1cc(OC)c(NC(=O)CCSc2nc3ccccc3c(=O)n2-c2ccccc2)cc1Cl. The molecule has 0 atom stereocenters. The van der Waals surface area contributed by atoms with Crippen molar-refractivity contribution >= 4 is 45.9 Å².